The maximum absolute atomic E-state index is 12.5. The lowest BCUT2D eigenvalue weighted by Crippen LogP contribution is -2.24. The molecule has 8 heteroatoms. The Balaban J connectivity index is 1.65. The molecule has 1 saturated heterocycles. The molecule has 2 aromatic rings. The Labute approximate surface area is 180 Å². The number of aryl methyl sites for hydroxylation is 1. The van der Waals surface area contributed by atoms with E-state index in [-0.39, 0.29) is 24.0 Å². The first-order valence-corrected chi connectivity index (χ1v) is 10.1. The number of hydrogen-bond acceptors (Lipinski definition) is 4. The number of nitriles is 1. The van der Waals surface area contributed by atoms with Gasteiger partial charge >= 0.3 is 6.61 Å². The molecule has 1 atom stereocenters. The van der Waals surface area contributed by atoms with Crippen molar-refractivity contribution in [1.82, 2.24) is 9.88 Å². The van der Waals surface area contributed by atoms with Crippen molar-refractivity contribution in [3.05, 3.63) is 58.4 Å². The summed E-state index contributed by atoms with van der Waals surface area (Å²) in [6.45, 7) is 2.77. The number of aromatic nitrogens is 1. The molecule has 31 heavy (non-hydrogen) atoms. The zero-order valence-corrected chi connectivity index (χ0v) is 17.5. The van der Waals surface area contributed by atoms with E-state index >= 15 is 0 Å². The smallest absolute Gasteiger partial charge is 0.387 e. The van der Waals surface area contributed by atoms with Crippen LogP contribution in [-0.4, -0.2) is 29.8 Å². The topological polar surface area (TPSA) is 76.3 Å². The van der Waals surface area contributed by atoms with Crippen LogP contribution in [0.2, 0.25) is 0 Å². The van der Waals surface area contributed by atoms with Gasteiger partial charge in [0.05, 0.1) is 6.10 Å². The van der Waals surface area contributed by atoms with Gasteiger partial charge in [0.2, 0.25) is 0 Å². The summed E-state index contributed by atoms with van der Waals surface area (Å²) in [6.07, 6.45) is 3.88. The van der Waals surface area contributed by atoms with E-state index in [4.69, 9.17) is 4.74 Å². The molecule has 3 rings (SSSR count). The quantitative estimate of drug-likeness (QED) is 0.506. The summed E-state index contributed by atoms with van der Waals surface area (Å²) in [5.41, 5.74) is 3.53. The molecule has 1 aromatic carbocycles. The van der Waals surface area contributed by atoms with Gasteiger partial charge in [-0.05, 0) is 62.1 Å². The highest BCUT2D eigenvalue weighted by Crippen LogP contribution is 2.22. The Kier molecular flexibility index (Phi) is 7.42. The van der Waals surface area contributed by atoms with E-state index in [9.17, 15) is 18.8 Å². The number of halogens is 2. The summed E-state index contributed by atoms with van der Waals surface area (Å²) in [5.74, 6) is -0.458. The van der Waals surface area contributed by atoms with Gasteiger partial charge in [-0.3, -0.25) is 4.79 Å². The monoisotopic (exact) mass is 429 g/mol. The number of carbonyl (C=O) groups is 1. The van der Waals surface area contributed by atoms with Gasteiger partial charge in [-0.1, -0.05) is 12.1 Å². The lowest BCUT2D eigenvalue weighted by atomic mass is 10.1. The summed E-state index contributed by atoms with van der Waals surface area (Å²) in [4.78, 5) is 12.5. The first-order chi connectivity index (χ1) is 14.9. The number of nitrogens with zero attached hydrogens (tertiary/aromatic N) is 2. The van der Waals surface area contributed by atoms with Crippen LogP contribution in [-0.2, 0) is 22.6 Å². The van der Waals surface area contributed by atoms with Gasteiger partial charge in [0.1, 0.15) is 17.4 Å². The van der Waals surface area contributed by atoms with E-state index in [0.717, 1.165) is 42.9 Å². The molecule has 0 radical (unpaired) electrons. The fourth-order valence-electron chi connectivity index (χ4n) is 3.62. The maximum Gasteiger partial charge on any atom is 0.387 e. The van der Waals surface area contributed by atoms with Crippen molar-refractivity contribution in [3.63, 3.8) is 0 Å². The van der Waals surface area contributed by atoms with Gasteiger partial charge in [0.25, 0.3) is 5.91 Å². The Hall–Kier alpha value is -3.18. The summed E-state index contributed by atoms with van der Waals surface area (Å²) in [7, 11) is 0. The van der Waals surface area contributed by atoms with Crippen LogP contribution < -0.4 is 10.1 Å². The van der Waals surface area contributed by atoms with Crippen molar-refractivity contribution in [3.8, 4) is 11.8 Å². The number of nitrogens with one attached hydrogen (secondary N) is 1. The predicted octanol–water partition coefficient (Wildman–Crippen LogP) is 4.11. The third-order valence-electron chi connectivity index (χ3n) is 5.29. The van der Waals surface area contributed by atoms with Crippen LogP contribution in [0.25, 0.3) is 6.08 Å². The molecule has 0 spiro atoms. The zero-order chi connectivity index (χ0) is 22.4. The molecule has 6 nitrogen and oxygen atoms in total. The van der Waals surface area contributed by atoms with Crippen molar-refractivity contribution in [2.24, 2.45) is 0 Å². The Morgan fingerprint density at radius 2 is 2.13 bits per heavy atom. The van der Waals surface area contributed by atoms with Crippen LogP contribution >= 0.6 is 0 Å². The molecular weight excluding hydrogens is 404 g/mol. The van der Waals surface area contributed by atoms with E-state index in [0.29, 0.717) is 5.56 Å². The van der Waals surface area contributed by atoms with Gasteiger partial charge in [-0.2, -0.15) is 14.0 Å². The molecule has 1 amide bonds. The highest BCUT2D eigenvalue weighted by Gasteiger charge is 2.19. The van der Waals surface area contributed by atoms with E-state index in [1.807, 2.05) is 26.0 Å². The molecule has 2 heterocycles. The fourth-order valence-corrected chi connectivity index (χ4v) is 3.62. The molecule has 0 aliphatic carbocycles. The highest BCUT2D eigenvalue weighted by atomic mass is 19.3. The molecule has 1 aliphatic heterocycles. The minimum atomic E-state index is -2.89. The summed E-state index contributed by atoms with van der Waals surface area (Å²) in [6, 6.07) is 9.87. The molecule has 0 saturated carbocycles. The minimum absolute atomic E-state index is 0.00461. The third kappa shape index (κ3) is 5.92. The normalized spacial score (nSPS) is 16.4. The number of benzene rings is 1. The van der Waals surface area contributed by atoms with Gasteiger partial charge in [-0.25, -0.2) is 0 Å². The number of hydrogen-bond donors (Lipinski definition) is 1. The second-order valence-corrected chi connectivity index (χ2v) is 7.45. The van der Waals surface area contributed by atoms with Crippen LogP contribution in [0.3, 0.4) is 0 Å². The minimum Gasteiger partial charge on any atom is -0.435 e. The average molecular weight is 429 g/mol. The van der Waals surface area contributed by atoms with Crippen molar-refractivity contribution < 1.29 is 23.0 Å². The van der Waals surface area contributed by atoms with E-state index in [2.05, 4.69) is 14.6 Å². The molecule has 1 aromatic heterocycles. The predicted molar refractivity (Wildman–Crippen MR) is 111 cm³/mol. The van der Waals surface area contributed by atoms with E-state index in [1.54, 1.807) is 18.2 Å². The van der Waals surface area contributed by atoms with Gasteiger partial charge in [0.15, 0.2) is 0 Å². The maximum atomic E-state index is 12.5. The first-order valence-electron chi connectivity index (χ1n) is 10.1. The number of alkyl halides is 2. The molecule has 1 fully saturated rings. The number of amides is 1. The fraction of sp³-hybridized carbons (Fsp3) is 0.391. The highest BCUT2D eigenvalue weighted by molar-refractivity contribution is 6.01. The summed E-state index contributed by atoms with van der Waals surface area (Å²) in [5, 5.41) is 12.2. The van der Waals surface area contributed by atoms with Crippen molar-refractivity contribution in [1.29, 1.82) is 5.26 Å². The zero-order valence-electron chi connectivity index (χ0n) is 17.5. The Morgan fingerprint density at radius 1 is 1.39 bits per heavy atom. The van der Waals surface area contributed by atoms with Crippen LogP contribution in [0.4, 0.5) is 8.78 Å². The van der Waals surface area contributed by atoms with E-state index < -0.39 is 12.5 Å². The lowest BCUT2D eigenvalue weighted by Gasteiger charge is -2.14. The van der Waals surface area contributed by atoms with Crippen molar-refractivity contribution in [2.45, 2.75) is 52.5 Å². The average Bonchev–Trinajstić information content (AvgIpc) is 3.35. The van der Waals surface area contributed by atoms with Gasteiger partial charge < -0.3 is 19.4 Å². The molecular formula is C23H25F2N3O3. The molecule has 1 unspecified atom stereocenters. The third-order valence-corrected chi connectivity index (χ3v) is 5.29. The number of carbonyl (C=O) groups excluding carboxylic acids is 1. The van der Waals surface area contributed by atoms with Gasteiger partial charge in [-0.15, -0.1) is 0 Å². The van der Waals surface area contributed by atoms with Crippen LogP contribution in [0, 0.1) is 25.2 Å². The summed E-state index contributed by atoms with van der Waals surface area (Å²) >= 11 is 0. The van der Waals surface area contributed by atoms with Crippen molar-refractivity contribution >= 4 is 12.0 Å². The van der Waals surface area contributed by atoms with Crippen LogP contribution in [0.1, 0.15) is 35.4 Å². The first kappa shape index (κ1) is 22.5. The lowest BCUT2D eigenvalue weighted by molar-refractivity contribution is -0.117. The molecule has 164 valence electrons. The van der Waals surface area contributed by atoms with Crippen molar-refractivity contribution in [2.75, 3.05) is 6.61 Å². The summed E-state index contributed by atoms with van der Waals surface area (Å²) < 4.78 is 36.6. The van der Waals surface area contributed by atoms with Crippen LogP contribution in [0.5, 0.6) is 5.75 Å². The van der Waals surface area contributed by atoms with Gasteiger partial charge in [0, 0.05) is 31.1 Å². The largest absolute Gasteiger partial charge is 0.435 e. The molecule has 1 N–H and O–H groups in total. The molecule has 1 aliphatic rings. The van der Waals surface area contributed by atoms with E-state index in [1.165, 1.54) is 12.1 Å². The standard InChI is InChI=1S/C23H25F2N3O3/c1-15-10-18(16(2)28(15)14-21-4-3-9-30-21)11-19(12-26)22(29)27-13-17-5-7-20(8-6-17)31-23(24)25/h5-8,10-11,21,23H,3-4,9,13-14H2,1-2H3,(H,27,29)/b19-11+. The Bertz CT molecular complexity index is 985. The molecule has 0 bridgehead atoms. The number of rotatable bonds is 8. The second kappa shape index (κ2) is 10.2. The SMILES string of the molecule is Cc1cc(/C=C(\C#N)C(=O)NCc2ccc(OC(F)F)cc2)c(C)n1CC1CCCO1. The second-order valence-electron chi connectivity index (χ2n) is 7.45. The van der Waals surface area contributed by atoms with Crippen LogP contribution in [0.15, 0.2) is 35.9 Å². The Morgan fingerprint density at radius 3 is 2.74 bits per heavy atom. The number of ether oxygens (including phenoxy) is 2.